The van der Waals surface area contributed by atoms with Gasteiger partial charge in [0.05, 0.1) is 0 Å². The van der Waals surface area contributed by atoms with Crippen LogP contribution >= 0.6 is 0 Å². The van der Waals surface area contributed by atoms with E-state index >= 15 is 0 Å². The van der Waals surface area contributed by atoms with Gasteiger partial charge in [-0.05, 0) is 25.2 Å². The second-order valence-electron chi connectivity index (χ2n) is 21.8. The van der Waals surface area contributed by atoms with Gasteiger partial charge in [-0.1, -0.05) is 317 Å². The number of hydrogen-bond donors (Lipinski definition) is 0. The standard InChI is InChI=1S/C62H120O6/c1-5-7-9-11-13-15-17-19-20-23-27-30-34-38-42-46-50-54-61(64)67-57-59(56-66-60(63)53-49-45-41-37-33-18-16-14-12-10-8-6-2)68-62(65)55-51-47-43-39-35-31-28-25-22-21-24-26-29-32-36-40-44-48-52-58(3)4/h58-59H,5-57H2,1-4H3/t59-/m1/s1. The lowest BCUT2D eigenvalue weighted by atomic mass is 10.0. The summed E-state index contributed by atoms with van der Waals surface area (Å²) < 4.78 is 16.9. The number of carbonyl (C=O) groups is 3. The third-order valence-corrected chi connectivity index (χ3v) is 14.3. The van der Waals surface area contributed by atoms with Crippen LogP contribution in [0.3, 0.4) is 0 Å². The number of carbonyl (C=O) groups excluding carboxylic acids is 3. The highest BCUT2D eigenvalue weighted by Crippen LogP contribution is 2.18. The Labute approximate surface area is 425 Å². The molecule has 0 aromatic heterocycles. The van der Waals surface area contributed by atoms with E-state index in [-0.39, 0.29) is 31.1 Å². The fourth-order valence-electron chi connectivity index (χ4n) is 9.63. The zero-order valence-corrected chi connectivity index (χ0v) is 46.6. The second-order valence-corrected chi connectivity index (χ2v) is 21.8. The van der Waals surface area contributed by atoms with E-state index in [0.29, 0.717) is 19.3 Å². The molecule has 0 aliphatic rings. The SMILES string of the molecule is CCCCCCCCCCCCCCCCCCCC(=O)OC[C@@H](COC(=O)CCCCCCCCCCCCCC)OC(=O)CCCCCCCCCCCCCCCCCCCCC(C)C. The number of rotatable bonds is 57. The smallest absolute Gasteiger partial charge is 0.306 e. The molecule has 0 bridgehead atoms. The largest absolute Gasteiger partial charge is 0.462 e. The Hall–Kier alpha value is -1.59. The van der Waals surface area contributed by atoms with E-state index in [1.807, 2.05) is 0 Å². The topological polar surface area (TPSA) is 78.9 Å². The molecule has 0 unspecified atom stereocenters. The van der Waals surface area contributed by atoms with Gasteiger partial charge in [0, 0.05) is 19.3 Å². The number of ether oxygens (including phenoxy) is 3. The summed E-state index contributed by atoms with van der Waals surface area (Å²) in [4.78, 5) is 38.2. The van der Waals surface area contributed by atoms with Crippen molar-refractivity contribution in [1.29, 1.82) is 0 Å². The highest BCUT2D eigenvalue weighted by molar-refractivity contribution is 5.71. The number of hydrogen-bond acceptors (Lipinski definition) is 6. The van der Waals surface area contributed by atoms with Crippen molar-refractivity contribution in [3.05, 3.63) is 0 Å². The van der Waals surface area contributed by atoms with Crippen LogP contribution in [0, 0.1) is 5.92 Å². The van der Waals surface area contributed by atoms with Gasteiger partial charge in [0.15, 0.2) is 6.10 Å². The summed E-state index contributed by atoms with van der Waals surface area (Å²) in [6, 6.07) is 0. The van der Waals surface area contributed by atoms with E-state index in [1.165, 1.54) is 250 Å². The molecule has 68 heavy (non-hydrogen) atoms. The van der Waals surface area contributed by atoms with Crippen LogP contribution in [-0.4, -0.2) is 37.2 Å². The summed E-state index contributed by atoms with van der Waals surface area (Å²) in [5.41, 5.74) is 0. The molecule has 0 aromatic carbocycles. The molecule has 0 amide bonds. The van der Waals surface area contributed by atoms with Gasteiger partial charge in [0.25, 0.3) is 0 Å². The third kappa shape index (κ3) is 55.3. The minimum Gasteiger partial charge on any atom is -0.462 e. The minimum absolute atomic E-state index is 0.0613. The lowest BCUT2D eigenvalue weighted by molar-refractivity contribution is -0.167. The molecule has 0 aliphatic heterocycles. The summed E-state index contributed by atoms with van der Waals surface area (Å²) in [5.74, 6) is 0.0276. The van der Waals surface area contributed by atoms with Crippen LogP contribution in [0.1, 0.15) is 355 Å². The van der Waals surface area contributed by atoms with E-state index < -0.39 is 6.10 Å². The lowest BCUT2D eigenvalue weighted by Gasteiger charge is -2.18. The van der Waals surface area contributed by atoms with E-state index in [4.69, 9.17) is 14.2 Å². The van der Waals surface area contributed by atoms with Crippen LogP contribution in [0.15, 0.2) is 0 Å². The quantitative estimate of drug-likeness (QED) is 0.0343. The van der Waals surface area contributed by atoms with Crippen molar-refractivity contribution < 1.29 is 28.6 Å². The molecule has 0 saturated carbocycles. The molecular weight excluding hydrogens is 841 g/mol. The highest BCUT2D eigenvalue weighted by Gasteiger charge is 2.19. The van der Waals surface area contributed by atoms with Crippen molar-refractivity contribution in [2.24, 2.45) is 5.92 Å². The van der Waals surface area contributed by atoms with Crippen molar-refractivity contribution in [2.75, 3.05) is 13.2 Å². The Bertz CT molecular complexity index is 1030. The average molecular weight is 962 g/mol. The molecule has 404 valence electrons. The van der Waals surface area contributed by atoms with Gasteiger partial charge < -0.3 is 14.2 Å². The molecule has 0 spiro atoms. The summed E-state index contributed by atoms with van der Waals surface area (Å²) in [6.45, 7) is 9.09. The number of esters is 3. The maximum absolute atomic E-state index is 12.9. The molecule has 1 atom stereocenters. The first-order valence-corrected chi connectivity index (χ1v) is 30.9. The molecule has 0 rings (SSSR count). The van der Waals surface area contributed by atoms with Gasteiger partial charge in [-0.3, -0.25) is 14.4 Å². The van der Waals surface area contributed by atoms with Crippen molar-refractivity contribution in [3.8, 4) is 0 Å². The predicted octanol–water partition coefficient (Wildman–Crippen LogP) is 20.6. The Kier molecular flexibility index (Phi) is 55.0. The maximum atomic E-state index is 12.9. The van der Waals surface area contributed by atoms with Crippen LogP contribution in [0.2, 0.25) is 0 Å². The van der Waals surface area contributed by atoms with Gasteiger partial charge in [-0.15, -0.1) is 0 Å². The predicted molar refractivity (Wildman–Crippen MR) is 293 cm³/mol. The van der Waals surface area contributed by atoms with Crippen molar-refractivity contribution in [1.82, 2.24) is 0 Å². The first kappa shape index (κ1) is 66.4. The summed E-state index contributed by atoms with van der Waals surface area (Å²) >= 11 is 0. The molecule has 0 heterocycles. The molecule has 0 radical (unpaired) electrons. The van der Waals surface area contributed by atoms with Crippen LogP contribution < -0.4 is 0 Å². The van der Waals surface area contributed by atoms with Gasteiger partial charge >= 0.3 is 17.9 Å². The van der Waals surface area contributed by atoms with Crippen molar-refractivity contribution in [3.63, 3.8) is 0 Å². The maximum Gasteiger partial charge on any atom is 0.306 e. The van der Waals surface area contributed by atoms with E-state index in [0.717, 1.165) is 63.7 Å². The fourth-order valence-corrected chi connectivity index (χ4v) is 9.63. The van der Waals surface area contributed by atoms with Gasteiger partial charge in [0.1, 0.15) is 13.2 Å². The average Bonchev–Trinajstić information content (AvgIpc) is 3.32. The van der Waals surface area contributed by atoms with E-state index in [2.05, 4.69) is 27.7 Å². The monoisotopic (exact) mass is 961 g/mol. The molecule has 0 aliphatic carbocycles. The zero-order valence-electron chi connectivity index (χ0n) is 46.6. The molecule has 0 N–H and O–H groups in total. The Balaban J connectivity index is 4.24. The molecule has 0 fully saturated rings. The lowest BCUT2D eigenvalue weighted by Crippen LogP contribution is -2.30. The van der Waals surface area contributed by atoms with Crippen LogP contribution in [0.4, 0.5) is 0 Å². The fraction of sp³-hybridized carbons (Fsp3) is 0.952. The second kappa shape index (κ2) is 56.3. The third-order valence-electron chi connectivity index (χ3n) is 14.3. The Morgan fingerprint density at radius 1 is 0.279 bits per heavy atom. The summed E-state index contributed by atoms with van der Waals surface area (Å²) in [7, 11) is 0. The Morgan fingerprint density at radius 3 is 0.721 bits per heavy atom. The minimum atomic E-state index is -0.762. The van der Waals surface area contributed by atoms with Crippen molar-refractivity contribution >= 4 is 17.9 Å². The van der Waals surface area contributed by atoms with Crippen LogP contribution in [0.5, 0.6) is 0 Å². The first-order valence-electron chi connectivity index (χ1n) is 30.9. The van der Waals surface area contributed by atoms with Crippen LogP contribution in [0.25, 0.3) is 0 Å². The number of unbranched alkanes of at least 4 members (excludes halogenated alkanes) is 44. The molecule has 0 aromatic rings. The van der Waals surface area contributed by atoms with Gasteiger partial charge in [0.2, 0.25) is 0 Å². The molecular formula is C62H120O6. The van der Waals surface area contributed by atoms with Gasteiger partial charge in [-0.25, -0.2) is 0 Å². The highest BCUT2D eigenvalue weighted by atomic mass is 16.6. The van der Waals surface area contributed by atoms with E-state index in [1.54, 1.807) is 0 Å². The zero-order chi connectivity index (χ0) is 49.5. The first-order chi connectivity index (χ1) is 33.4. The summed E-state index contributed by atoms with van der Waals surface area (Å²) in [6.07, 6.45) is 62.4. The Morgan fingerprint density at radius 2 is 0.485 bits per heavy atom. The molecule has 6 heteroatoms. The van der Waals surface area contributed by atoms with Gasteiger partial charge in [-0.2, -0.15) is 0 Å². The molecule has 0 saturated heterocycles. The summed E-state index contributed by atoms with van der Waals surface area (Å²) in [5, 5.41) is 0. The molecule has 6 nitrogen and oxygen atoms in total. The van der Waals surface area contributed by atoms with Crippen molar-refractivity contribution in [2.45, 2.75) is 361 Å². The van der Waals surface area contributed by atoms with Crippen LogP contribution in [-0.2, 0) is 28.6 Å². The van der Waals surface area contributed by atoms with E-state index in [9.17, 15) is 14.4 Å². The normalized spacial score (nSPS) is 12.0.